The van der Waals surface area contributed by atoms with Gasteiger partial charge < -0.3 is 5.32 Å². The fourth-order valence-corrected chi connectivity index (χ4v) is 3.27. The van der Waals surface area contributed by atoms with Crippen LogP contribution in [0.5, 0.6) is 0 Å². The number of fused-ring (bicyclic) bond motifs is 1. The first kappa shape index (κ1) is 17.1. The molecule has 142 valence electrons. The molecule has 1 N–H and O–H groups in total. The summed E-state index contributed by atoms with van der Waals surface area (Å²) in [5.74, 6) is 0.755. The van der Waals surface area contributed by atoms with Crippen LogP contribution in [0, 0.1) is 0 Å². The monoisotopic (exact) mass is 382 g/mol. The molecule has 1 unspecified atom stereocenters. The summed E-state index contributed by atoms with van der Waals surface area (Å²) in [6.45, 7) is 2.10. The number of anilines is 1. The third-order valence-electron chi connectivity index (χ3n) is 4.80. The van der Waals surface area contributed by atoms with Gasteiger partial charge in [-0.1, -0.05) is 35.5 Å². The lowest BCUT2D eigenvalue weighted by molar-refractivity contribution is 0.800. The standard InChI is InChI=1S/C21H18N8/c1-15(16-7-9-17(10-8-16)28-12-11-24-27-28)26-20-19-13-25-29(21(19)23-14-22-20)18-5-3-2-4-6-18/h2-15H,1H3,(H,22,23,26). The molecule has 0 radical (unpaired) electrons. The predicted octanol–water partition coefficient (Wildman–Crippen LogP) is 3.57. The van der Waals surface area contributed by atoms with Gasteiger partial charge in [-0.25, -0.2) is 19.3 Å². The molecule has 8 nitrogen and oxygen atoms in total. The van der Waals surface area contributed by atoms with E-state index < -0.39 is 0 Å². The molecule has 2 aromatic carbocycles. The van der Waals surface area contributed by atoms with E-state index in [1.807, 2.05) is 53.3 Å². The molecule has 0 saturated carbocycles. The van der Waals surface area contributed by atoms with Crippen LogP contribution < -0.4 is 5.32 Å². The predicted molar refractivity (Wildman–Crippen MR) is 110 cm³/mol. The van der Waals surface area contributed by atoms with E-state index in [0.717, 1.165) is 33.8 Å². The number of rotatable bonds is 5. The van der Waals surface area contributed by atoms with Gasteiger partial charge in [-0.3, -0.25) is 0 Å². The summed E-state index contributed by atoms with van der Waals surface area (Å²) in [5, 5.41) is 16.7. The summed E-state index contributed by atoms with van der Waals surface area (Å²) in [4.78, 5) is 8.87. The van der Waals surface area contributed by atoms with E-state index in [4.69, 9.17) is 0 Å². The van der Waals surface area contributed by atoms with E-state index in [1.165, 1.54) is 0 Å². The minimum absolute atomic E-state index is 0.0537. The normalized spacial score (nSPS) is 12.2. The number of hydrogen-bond acceptors (Lipinski definition) is 6. The highest BCUT2D eigenvalue weighted by Gasteiger charge is 2.14. The van der Waals surface area contributed by atoms with Crippen LogP contribution in [0.1, 0.15) is 18.5 Å². The average Bonchev–Trinajstić information content (AvgIpc) is 3.45. The Bertz CT molecular complexity index is 1230. The van der Waals surface area contributed by atoms with Crippen LogP contribution in [0.25, 0.3) is 22.4 Å². The highest BCUT2D eigenvalue weighted by Crippen LogP contribution is 2.25. The smallest absolute Gasteiger partial charge is 0.168 e. The van der Waals surface area contributed by atoms with Gasteiger partial charge in [0, 0.05) is 6.04 Å². The zero-order valence-electron chi connectivity index (χ0n) is 15.7. The maximum absolute atomic E-state index is 4.50. The summed E-state index contributed by atoms with van der Waals surface area (Å²) in [6.07, 6.45) is 6.84. The number of aromatic nitrogens is 7. The Morgan fingerprint density at radius 2 is 1.76 bits per heavy atom. The lowest BCUT2D eigenvalue weighted by atomic mass is 10.1. The number of hydrogen-bond donors (Lipinski definition) is 1. The number of nitrogens with zero attached hydrogens (tertiary/aromatic N) is 7. The maximum atomic E-state index is 4.50. The lowest BCUT2D eigenvalue weighted by Gasteiger charge is -2.16. The highest BCUT2D eigenvalue weighted by molar-refractivity contribution is 5.87. The van der Waals surface area contributed by atoms with Crippen LogP contribution in [0.3, 0.4) is 0 Å². The van der Waals surface area contributed by atoms with Crippen molar-refractivity contribution in [3.8, 4) is 11.4 Å². The molecule has 8 heteroatoms. The van der Waals surface area contributed by atoms with E-state index >= 15 is 0 Å². The molecule has 3 heterocycles. The molecular weight excluding hydrogens is 364 g/mol. The van der Waals surface area contributed by atoms with Gasteiger partial charge in [-0.05, 0) is 36.8 Å². The van der Waals surface area contributed by atoms with Gasteiger partial charge >= 0.3 is 0 Å². The average molecular weight is 382 g/mol. The largest absolute Gasteiger partial charge is 0.363 e. The lowest BCUT2D eigenvalue weighted by Crippen LogP contribution is -2.09. The van der Waals surface area contributed by atoms with E-state index in [-0.39, 0.29) is 6.04 Å². The molecule has 5 rings (SSSR count). The van der Waals surface area contributed by atoms with E-state index in [1.54, 1.807) is 23.4 Å². The molecule has 0 aliphatic carbocycles. The molecule has 5 aromatic rings. The fourth-order valence-electron chi connectivity index (χ4n) is 3.27. The molecule has 0 aliphatic heterocycles. The van der Waals surface area contributed by atoms with Crippen molar-refractivity contribution in [2.75, 3.05) is 5.32 Å². The summed E-state index contributed by atoms with van der Waals surface area (Å²) in [5.41, 5.74) is 3.83. The second kappa shape index (κ2) is 7.16. The van der Waals surface area contributed by atoms with E-state index in [2.05, 4.69) is 49.8 Å². The van der Waals surface area contributed by atoms with Gasteiger partial charge in [0.15, 0.2) is 5.65 Å². The first-order valence-corrected chi connectivity index (χ1v) is 9.27. The van der Waals surface area contributed by atoms with Gasteiger partial charge in [-0.2, -0.15) is 5.10 Å². The molecule has 3 aromatic heterocycles. The molecule has 0 bridgehead atoms. The highest BCUT2D eigenvalue weighted by atomic mass is 15.4. The Morgan fingerprint density at radius 1 is 0.931 bits per heavy atom. The van der Waals surface area contributed by atoms with Crippen molar-refractivity contribution in [1.82, 2.24) is 34.7 Å². The van der Waals surface area contributed by atoms with Gasteiger partial charge in [0.1, 0.15) is 12.1 Å². The van der Waals surface area contributed by atoms with Crippen molar-refractivity contribution in [2.24, 2.45) is 0 Å². The van der Waals surface area contributed by atoms with Crippen molar-refractivity contribution in [1.29, 1.82) is 0 Å². The molecular formula is C21H18N8. The summed E-state index contributed by atoms with van der Waals surface area (Å²) >= 11 is 0. The zero-order valence-corrected chi connectivity index (χ0v) is 15.7. The minimum Gasteiger partial charge on any atom is -0.363 e. The van der Waals surface area contributed by atoms with Crippen LogP contribution in [0.15, 0.2) is 79.5 Å². The van der Waals surface area contributed by atoms with E-state index in [0.29, 0.717) is 0 Å². The van der Waals surface area contributed by atoms with Crippen molar-refractivity contribution < 1.29 is 0 Å². The molecule has 0 aliphatic rings. The zero-order chi connectivity index (χ0) is 19.6. The van der Waals surface area contributed by atoms with Gasteiger partial charge in [0.2, 0.25) is 0 Å². The Labute approximate surface area is 166 Å². The molecule has 0 fully saturated rings. The Morgan fingerprint density at radius 3 is 2.52 bits per heavy atom. The molecule has 0 saturated heterocycles. The quantitative estimate of drug-likeness (QED) is 0.500. The maximum Gasteiger partial charge on any atom is 0.168 e. The van der Waals surface area contributed by atoms with Gasteiger partial charge in [-0.15, -0.1) is 5.10 Å². The second-order valence-electron chi connectivity index (χ2n) is 6.66. The van der Waals surface area contributed by atoms with Crippen molar-refractivity contribution >= 4 is 16.9 Å². The summed E-state index contributed by atoms with van der Waals surface area (Å²) in [6, 6.07) is 18.2. The minimum atomic E-state index is 0.0537. The molecule has 0 spiro atoms. The Hall–Kier alpha value is -4.07. The molecule has 1 atom stereocenters. The summed E-state index contributed by atoms with van der Waals surface area (Å²) < 4.78 is 3.55. The Balaban J connectivity index is 1.42. The van der Waals surface area contributed by atoms with Crippen LogP contribution in [-0.4, -0.2) is 34.7 Å². The van der Waals surface area contributed by atoms with Gasteiger partial charge in [0.25, 0.3) is 0 Å². The van der Waals surface area contributed by atoms with Crippen LogP contribution in [-0.2, 0) is 0 Å². The van der Waals surface area contributed by atoms with Crippen molar-refractivity contribution in [3.63, 3.8) is 0 Å². The first-order chi connectivity index (χ1) is 14.3. The van der Waals surface area contributed by atoms with Crippen molar-refractivity contribution in [3.05, 3.63) is 85.1 Å². The first-order valence-electron chi connectivity index (χ1n) is 9.27. The fraction of sp³-hybridized carbons (Fsp3) is 0.0952. The van der Waals surface area contributed by atoms with E-state index in [9.17, 15) is 0 Å². The summed E-state index contributed by atoms with van der Waals surface area (Å²) in [7, 11) is 0. The third-order valence-corrected chi connectivity index (χ3v) is 4.80. The molecule has 0 amide bonds. The second-order valence-corrected chi connectivity index (χ2v) is 6.66. The molecule has 29 heavy (non-hydrogen) atoms. The Kier molecular flexibility index (Phi) is 4.21. The third kappa shape index (κ3) is 3.20. The van der Waals surface area contributed by atoms with Crippen LogP contribution >= 0.6 is 0 Å². The SMILES string of the molecule is CC(Nc1ncnc2c1cnn2-c1ccccc1)c1ccc(-n2ccnn2)cc1. The number of nitrogens with one attached hydrogen (secondary N) is 1. The van der Waals surface area contributed by atoms with Crippen LogP contribution in [0.4, 0.5) is 5.82 Å². The number of benzene rings is 2. The van der Waals surface area contributed by atoms with Crippen LogP contribution in [0.2, 0.25) is 0 Å². The number of para-hydroxylation sites is 1. The van der Waals surface area contributed by atoms with Gasteiger partial charge in [0.05, 0.1) is 35.4 Å². The topological polar surface area (TPSA) is 86.3 Å². The van der Waals surface area contributed by atoms with Crippen molar-refractivity contribution in [2.45, 2.75) is 13.0 Å².